The van der Waals surface area contributed by atoms with Crippen LogP contribution in [-0.4, -0.2) is 10.7 Å². The molecule has 0 spiro atoms. The summed E-state index contributed by atoms with van der Waals surface area (Å²) in [6.45, 7) is 2.27. The average Bonchev–Trinajstić information content (AvgIpc) is 3.62. The summed E-state index contributed by atoms with van der Waals surface area (Å²) < 4.78 is 6.63. The van der Waals surface area contributed by atoms with Crippen LogP contribution in [-0.2, 0) is 0 Å². The van der Waals surface area contributed by atoms with Gasteiger partial charge in [-0.3, -0.25) is 9.98 Å². The maximum atomic E-state index is 6.63. The maximum absolute atomic E-state index is 6.63. The third kappa shape index (κ3) is 4.91. The molecule has 1 atom stereocenters. The third-order valence-electron chi connectivity index (χ3n) is 11.4. The van der Waals surface area contributed by atoms with Gasteiger partial charge in [0, 0.05) is 50.1 Å². The number of furan rings is 1. The van der Waals surface area contributed by atoms with E-state index in [2.05, 4.69) is 158 Å². The quantitative estimate of drug-likeness (QED) is 0.187. The van der Waals surface area contributed by atoms with E-state index in [4.69, 9.17) is 14.4 Å². The molecule has 1 aliphatic heterocycles. The van der Waals surface area contributed by atoms with Crippen molar-refractivity contribution < 1.29 is 4.42 Å². The monoisotopic (exact) mass is 693 g/mol. The van der Waals surface area contributed by atoms with Gasteiger partial charge in [0.05, 0.1) is 5.52 Å². The lowest BCUT2D eigenvalue weighted by Gasteiger charge is -2.26. The van der Waals surface area contributed by atoms with Gasteiger partial charge in [0.15, 0.2) is 0 Å². The van der Waals surface area contributed by atoms with Crippen LogP contribution in [0.25, 0.3) is 81.6 Å². The zero-order valence-corrected chi connectivity index (χ0v) is 29.8. The lowest BCUT2D eigenvalue weighted by molar-refractivity contribution is 0.657. The molecular weight excluding hydrogens is 659 g/mol. The fourth-order valence-corrected chi connectivity index (χ4v) is 8.64. The Morgan fingerprint density at radius 3 is 2.24 bits per heavy atom. The number of hydrogen-bond donors (Lipinski definition) is 1. The number of hydrogen-bond acceptors (Lipinski definition) is 4. The highest BCUT2D eigenvalue weighted by Crippen LogP contribution is 2.39. The highest BCUT2D eigenvalue weighted by atomic mass is 16.3. The number of fused-ring (bicyclic) bond motifs is 11. The predicted octanol–water partition coefficient (Wildman–Crippen LogP) is 13.0. The molecule has 2 aromatic heterocycles. The Bertz CT molecular complexity index is 3220. The normalized spacial score (nSPS) is 17.6. The topological polar surface area (TPSA) is 50.4 Å². The van der Waals surface area contributed by atoms with Gasteiger partial charge in [-0.25, -0.2) is 0 Å². The highest BCUT2D eigenvalue weighted by molar-refractivity contribution is 6.23. The number of pyridine rings is 1. The zero-order valence-electron chi connectivity index (χ0n) is 29.8. The number of nitrogens with one attached hydrogen (secondary N) is 1. The maximum Gasteiger partial charge on any atom is 0.145 e. The van der Waals surface area contributed by atoms with Crippen LogP contribution in [0.15, 0.2) is 173 Å². The first-order chi connectivity index (χ1) is 26.7. The largest absolute Gasteiger partial charge is 0.455 e. The van der Waals surface area contributed by atoms with Gasteiger partial charge in [-0.2, -0.15) is 0 Å². The Kier molecular flexibility index (Phi) is 6.93. The second kappa shape index (κ2) is 12.1. The van der Waals surface area contributed by atoms with Gasteiger partial charge < -0.3 is 9.73 Å². The Labute approximate surface area is 312 Å². The van der Waals surface area contributed by atoms with Crippen LogP contribution in [0, 0.1) is 0 Å². The second-order valence-corrected chi connectivity index (χ2v) is 14.6. The van der Waals surface area contributed by atoms with Gasteiger partial charge in [-0.15, -0.1) is 0 Å². The van der Waals surface area contributed by atoms with E-state index in [0.29, 0.717) is 0 Å². The molecule has 1 aliphatic rings. The molecule has 11 rings (SSSR count). The van der Waals surface area contributed by atoms with Crippen molar-refractivity contribution in [1.82, 2.24) is 10.3 Å². The summed E-state index contributed by atoms with van der Waals surface area (Å²) in [5.74, 6) is 0. The van der Waals surface area contributed by atoms with E-state index in [0.717, 1.165) is 73.6 Å². The van der Waals surface area contributed by atoms with Crippen LogP contribution < -0.4 is 5.32 Å². The average molecular weight is 694 g/mol. The Balaban J connectivity index is 1.13. The molecule has 4 nitrogen and oxygen atoms in total. The van der Waals surface area contributed by atoms with Crippen molar-refractivity contribution in [2.75, 3.05) is 0 Å². The Morgan fingerprint density at radius 2 is 1.31 bits per heavy atom. The van der Waals surface area contributed by atoms with Gasteiger partial charge >= 0.3 is 0 Å². The number of nitrogens with zero attached hydrogens (tertiary/aromatic N) is 2. The fraction of sp³-hybridized carbons (Fsp3) is 0.0800. The van der Waals surface area contributed by atoms with Crippen LogP contribution in [0.3, 0.4) is 0 Å². The summed E-state index contributed by atoms with van der Waals surface area (Å²) in [5, 5.41) is 16.9. The van der Waals surface area contributed by atoms with Crippen LogP contribution in [0.4, 0.5) is 0 Å². The van der Waals surface area contributed by atoms with E-state index in [9.17, 15) is 0 Å². The first-order valence-corrected chi connectivity index (χ1v) is 18.7. The molecule has 54 heavy (non-hydrogen) atoms. The Hall–Kier alpha value is -6.78. The lowest BCUT2D eigenvalue weighted by atomic mass is 9.93. The third-order valence-corrected chi connectivity index (χ3v) is 11.4. The smallest absolute Gasteiger partial charge is 0.145 e. The molecule has 0 aliphatic carbocycles. The minimum Gasteiger partial charge on any atom is -0.455 e. The minimum absolute atomic E-state index is 0.353. The van der Waals surface area contributed by atoms with E-state index in [1.165, 1.54) is 48.8 Å². The van der Waals surface area contributed by atoms with Crippen molar-refractivity contribution in [2.45, 2.75) is 25.9 Å². The number of aliphatic imine (C=N–C) groups is 1. The molecule has 0 saturated heterocycles. The second-order valence-electron chi connectivity index (χ2n) is 14.6. The van der Waals surface area contributed by atoms with Gasteiger partial charge in [0.25, 0.3) is 0 Å². The minimum atomic E-state index is -0.353. The summed E-state index contributed by atoms with van der Waals surface area (Å²) in [7, 11) is 0. The number of aromatic nitrogens is 1. The van der Waals surface area contributed by atoms with E-state index in [-0.39, 0.29) is 6.17 Å². The molecule has 10 aromatic rings. The molecule has 8 aromatic carbocycles. The summed E-state index contributed by atoms with van der Waals surface area (Å²) >= 11 is 0. The lowest BCUT2D eigenvalue weighted by Crippen LogP contribution is -2.23. The Morgan fingerprint density at radius 1 is 0.574 bits per heavy atom. The predicted molar refractivity (Wildman–Crippen MR) is 226 cm³/mol. The molecule has 0 fully saturated rings. The molecule has 0 radical (unpaired) electrons. The van der Waals surface area contributed by atoms with Gasteiger partial charge in [-0.05, 0) is 99.1 Å². The van der Waals surface area contributed by atoms with E-state index in [1.807, 2.05) is 12.3 Å². The van der Waals surface area contributed by atoms with E-state index < -0.39 is 0 Å². The molecule has 256 valence electrons. The van der Waals surface area contributed by atoms with Gasteiger partial charge in [0.2, 0.25) is 0 Å². The van der Waals surface area contributed by atoms with Crippen molar-refractivity contribution >= 4 is 87.3 Å². The van der Waals surface area contributed by atoms with Crippen molar-refractivity contribution in [2.24, 2.45) is 4.99 Å². The molecule has 3 heterocycles. The molecule has 1 N–H and O–H groups in total. The highest BCUT2D eigenvalue weighted by Gasteiger charge is 2.23. The first kappa shape index (κ1) is 30.8. The standard InChI is InChI=1S/C50H35N3O/c1-30-15-26-43(40-13-6-14-44-46(40)41-25-24-32-9-4-5-12-39(32)49(41)54-44)52-50(53-47(30)37-22-16-31-8-2-3-10-36(31)28-37)38-23-18-33-17-19-34-20-21-35-11-7-27-51-48(35)45(34)42(33)29-38/h2-14,16-25,27-29,50,53H,15,26H2,1H3/b47-30+,52-43+. The van der Waals surface area contributed by atoms with Crippen molar-refractivity contribution in [1.29, 1.82) is 0 Å². The van der Waals surface area contributed by atoms with Gasteiger partial charge in [-0.1, -0.05) is 121 Å². The first-order valence-electron chi connectivity index (χ1n) is 18.7. The van der Waals surface area contributed by atoms with Gasteiger partial charge in [0.1, 0.15) is 17.3 Å². The van der Waals surface area contributed by atoms with E-state index >= 15 is 0 Å². The van der Waals surface area contributed by atoms with Crippen LogP contribution in [0.5, 0.6) is 0 Å². The number of benzene rings is 8. The molecular formula is C50H35N3O. The van der Waals surface area contributed by atoms with Crippen molar-refractivity contribution in [3.8, 4) is 0 Å². The van der Waals surface area contributed by atoms with E-state index in [1.54, 1.807) is 0 Å². The van der Waals surface area contributed by atoms with Crippen LogP contribution in [0.2, 0.25) is 0 Å². The summed E-state index contributed by atoms with van der Waals surface area (Å²) in [4.78, 5) is 10.6. The molecule has 1 unspecified atom stereocenters. The van der Waals surface area contributed by atoms with Crippen LogP contribution >= 0.6 is 0 Å². The zero-order chi connectivity index (χ0) is 35.8. The number of rotatable bonds is 3. The van der Waals surface area contributed by atoms with Crippen LogP contribution in [0.1, 0.15) is 42.6 Å². The summed E-state index contributed by atoms with van der Waals surface area (Å²) in [5.41, 5.74) is 9.73. The fourth-order valence-electron chi connectivity index (χ4n) is 8.64. The molecule has 0 amide bonds. The molecule has 0 bridgehead atoms. The van der Waals surface area contributed by atoms with Crippen molar-refractivity contribution in [3.05, 3.63) is 180 Å². The molecule has 4 heteroatoms. The van der Waals surface area contributed by atoms with Crippen molar-refractivity contribution in [3.63, 3.8) is 0 Å². The molecule has 0 saturated carbocycles. The number of allylic oxidation sites excluding steroid dienone is 1. The summed E-state index contributed by atoms with van der Waals surface area (Å²) in [6, 6.07) is 54.4. The summed E-state index contributed by atoms with van der Waals surface area (Å²) in [6.07, 6.45) is 3.21. The SMILES string of the molecule is C/C1=C(/c2ccc3ccccc3c2)NC(c2ccc3ccc4ccc5cccnc5c4c3c2)/N=C(/c2cccc3oc4c5ccccc5ccc4c23)CC1.